The molecule has 0 saturated heterocycles. The van der Waals surface area contributed by atoms with Crippen LogP contribution in [0, 0.1) is 0 Å². The SMILES string of the molecule is COC1(C(F)(F)F)CC(Nc2nccn(CC(=O)O)c2=O)C1. The summed E-state index contributed by atoms with van der Waals surface area (Å²) in [6.07, 6.45) is -2.78. The van der Waals surface area contributed by atoms with E-state index in [1.807, 2.05) is 0 Å². The third kappa shape index (κ3) is 2.91. The van der Waals surface area contributed by atoms with Crippen LogP contribution in [0.2, 0.25) is 0 Å². The van der Waals surface area contributed by atoms with Gasteiger partial charge < -0.3 is 15.2 Å². The van der Waals surface area contributed by atoms with Crippen LogP contribution in [-0.2, 0) is 16.1 Å². The summed E-state index contributed by atoms with van der Waals surface area (Å²) in [5.74, 6) is -1.39. The van der Waals surface area contributed by atoms with Crippen molar-refractivity contribution < 1.29 is 27.8 Å². The van der Waals surface area contributed by atoms with E-state index in [-0.39, 0.29) is 18.7 Å². The number of anilines is 1. The number of nitrogens with zero attached hydrogens (tertiary/aromatic N) is 2. The molecule has 1 heterocycles. The molecule has 0 aromatic carbocycles. The van der Waals surface area contributed by atoms with Gasteiger partial charge in [-0.2, -0.15) is 13.2 Å². The number of halogens is 3. The Bertz CT molecular complexity index is 623. The summed E-state index contributed by atoms with van der Waals surface area (Å²) in [6.45, 7) is -0.550. The van der Waals surface area contributed by atoms with E-state index in [0.29, 0.717) is 0 Å². The van der Waals surface area contributed by atoms with Crippen molar-refractivity contribution >= 4 is 11.8 Å². The average Bonchev–Trinajstić information content (AvgIpc) is 2.35. The second kappa shape index (κ2) is 5.59. The standard InChI is InChI=1S/C12H14F3N3O4/c1-22-11(12(13,14)15)4-7(5-11)17-9-10(21)18(3-2-16-9)6-8(19)20/h2-3,7H,4-6H2,1H3,(H,16,17)(H,19,20). The number of nitrogens with one attached hydrogen (secondary N) is 1. The summed E-state index contributed by atoms with van der Waals surface area (Å²) in [5.41, 5.74) is -2.91. The summed E-state index contributed by atoms with van der Waals surface area (Å²) >= 11 is 0. The van der Waals surface area contributed by atoms with Crippen molar-refractivity contribution in [2.75, 3.05) is 12.4 Å². The zero-order valence-electron chi connectivity index (χ0n) is 11.6. The van der Waals surface area contributed by atoms with Crippen LogP contribution in [0.15, 0.2) is 17.2 Å². The second-order valence-electron chi connectivity index (χ2n) is 5.05. The molecule has 1 aliphatic rings. The van der Waals surface area contributed by atoms with Crippen LogP contribution in [0.25, 0.3) is 0 Å². The molecule has 122 valence electrons. The molecule has 0 unspecified atom stereocenters. The van der Waals surface area contributed by atoms with E-state index < -0.39 is 35.9 Å². The number of rotatable bonds is 5. The zero-order valence-corrected chi connectivity index (χ0v) is 11.6. The Morgan fingerprint density at radius 3 is 2.73 bits per heavy atom. The molecule has 0 bridgehead atoms. The largest absolute Gasteiger partial charge is 0.480 e. The molecule has 2 N–H and O–H groups in total. The lowest BCUT2D eigenvalue weighted by Crippen LogP contribution is -2.61. The normalized spacial score (nSPS) is 24.6. The predicted octanol–water partition coefficient (Wildman–Crippen LogP) is 0.850. The Hall–Kier alpha value is -2.10. The number of alkyl halides is 3. The van der Waals surface area contributed by atoms with Crippen molar-refractivity contribution in [2.45, 2.75) is 37.2 Å². The first-order valence-corrected chi connectivity index (χ1v) is 6.34. The maximum absolute atomic E-state index is 12.9. The molecule has 1 saturated carbocycles. The molecule has 0 amide bonds. The molecule has 22 heavy (non-hydrogen) atoms. The Morgan fingerprint density at radius 1 is 1.59 bits per heavy atom. The van der Waals surface area contributed by atoms with Gasteiger partial charge in [-0.05, 0) is 0 Å². The fraction of sp³-hybridized carbons (Fsp3) is 0.583. The van der Waals surface area contributed by atoms with Gasteiger partial charge in [0.2, 0.25) is 0 Å². The lowest BCUT2D eigenvalue weighted by atomic mass is 9.75. The molecule has 0 spiro atoms. The van der Waals surface area contributed by atoms with E-state index in [4.69, 9.17) is 5.11 Å². The lowest BCUT2D eigenvalue weighted by molar-refractivity contribution is -0.298. The number of methoxy groups -OCH3 is 1. The Balaban J connectivity index is 2.08. The molecule has 10 heteroatoms. The number of hydrogen-bond acceptors (Lipinski definition) is 5. The van der Waals surface area contributed by atoms with E-state index in [1.54, 1.807) is 0 Å². The Morgan fingerprint density at radius 2 is 2.23 bits per heavy atom. The smallest absolute Gasteiger partial charge is 0.417 e. The van der Waals surface area contributed by atoms with Gasteiger partial charge in [0.15, 0.2) is 11.4 Å². The van der Waals surface area contributed by atoms with Crippen LogP contribution in [0.3, 0.4) is 0 Å². The first-order chi connectivity index (χ1) is 10.2. The maximum atomic E-state index is 12.9. The van der Waals surface area contributed by atoms with Crippen LogP contribution >= 0.6 is 0 Å². The van der Waals surface area contributed by atoms with Gasteiger partial charge >= 0.3 is 12.1 Å². The first-order valence-electron chi connectivity index (χ1n) is 6.34. The fourth-order valence-electron chi connectivity index (χ4n) is 2.36. The molecule has 2 rings (SSSR count). The second-order valence-corrected chi connectivity index (χ2v) is 5.05. The molecular weight excluding hydrogens is 307 g/mol. The minimum absolute atomic E-state index is 0.180. The van der Waals surface area contributed by atoms with Crippen LogP contribution in [0.4, 0.5) is 19.0 Å². The highest BCUT2D eigenvalue weighted by Crippen LogP contribution is 2.48. The number of carbonyl (C=O) groups is 1. The summed E-state index contributed by atoms with van der Waals surface area (Å²) < 4.78 is 44.0. The van der Waals surface area contributed by atoms with E-state index >= 15 is 0 Å². The van der Waals surface area contributed by atoms with Crippen LogP contribution in [0.1, 0.15) is 12.8 Å². The highest BCUT2D eigenvalue weighted by Gasteiger charge is 2.63. The number of ether oxygens (including phenoxy) is 1. The zero-order chi connectivity index (χ0) is 16.5. The van der Waals surface area contributed by atoms with Crippen LogP contribution in [-0.4, -0.2) is 45.6 Å². The summed E-state index contributed by atoms with van der Waals surface area (Å²) in [4.78, 5) is 26.3. The predicted molar refractivity (Wildman–Crippen MR) is 68.6 cm³/mol. The number of hydrogen-bond donors (Lipinski definition) is 2. The van der Waals surface area contributed by atoms with E-state index in [9.17, 15) is 22.8 Å². The summed E-state index contributed by atoms with van der Waals surface area (Å²) in [7, 11) is 0.990. The quantitative estimate of drug-likeness (QED) is 0.835. The third-order valence-corrected chi connectivity index (χ3v) is 3.62. The highest BCUT2D eigenvalue weighted by molar-refractivity contribution is 5.66. The van der Waals surface area contributed by atoms with E-state index in [2.05, 4.69) is 15.0 Å². The molecule has 0 radical (unpaired) electrons. The number of carboxylic acids is 1. The van der Waals surface area contributed by atoms with Gasteiger partial charge in [-0.15, -0.1) is 0 Å². The van der Waals surface area contributed by atoms with E-state index in [0.717, 1.165) is 11.7 Å². The highest BCUT2D eigenvalue weighted by atomic mass is 19.4. The van der Waals surface area contributed by atoms with Crippen LogP contribution < -0.4 is 10.9 Å². The van der Waals surface area contributed by atoms with Gasteiger partial charge in [0.05, 0.1) is 0 Å². The van der Waals surface area contributed by atoms with Gasteiger partial charge in [-0.1, -0.05) is 0 Å². The van der Waals surface area contributed by atoms with Crippen LogP contribution in [0.5, 0.6) is 0 Å². The Labute approximate surface area is 122 Å². The van der Waals surface area contributed by atoms with Crippen molar-refractivity contribution in [1.82, 2.24) is 9.55 Å². The third-order valence-electron chi connectivity index (χ3n) is 3.62. The molecule has 1 aromatic heterocycles. The fourth-order valence-corrected chi connectivity index (χ4v) is 2.36. The van der Waals surface area contributed by atoms with E-state index in [1.165, 1.54) is 12.4 Å². The van der Waals surface area contributed by atoms with Gasteiger partial charge in [0.1, 0.15) is 6.54 Å². The summed E-state index contributed by atoms with van der Waals surface area (Å²) in [5, 5.41) is 11.3. The van der Waals surface area contributed by atoms with Crippen molar-refractivity contribution in [2.24, 2.45) is 0 Å². The summed E-state index contributed by atoms with van der Waals surface area (Å²) in [6, 6.07) is -0.623. The Kier molecular flexibility index (Phi) is 4.14. The number of aliphatic carboxylic acids is 1. The van der Waals surface area contributed by atoms with Crippen molar-refractivity contribution in [3.05, 3.63) is 22.7 Å². The van der Waals surface area contributed by atoms with Crippen molar-refractivity contribution in [1.29, 1.82) is 0 Å². The van der Waals surface area contributed by atoms with Gasteiger partial charge in [0, 0.05) is 38.4 Å². The topological polar surface area (TPSA) is 93.4 Å². The van der Waals surface area contributed by atoms with Crippen molar-refractivity contribution in [3.63, 3.8) is 0 Å². The molecule has 0 aliphatic heterocycles. The molecule has 1 fully saturated rings. The maximum Gasteiger partial charge on any atom is 0.417 e. The molecule has 0 atom stereocenters. The molecular formula is C12H14F3N3O4. The lowest BCUT2D eigenvalue weighted by Gasteiger charge is -2.47. The minimum Gasteiger partial charge on any atom is -0.480 e. The van der Waals surface area contributed by atoms with Gasteiger partial charge in [-0.3, -0.25) is 14.2 Å². The molecule has 1 aliphatic carbocycles. The van der Waals surface area contributed by atoms with Gasteiger partial charge in [-0.25, -0.2) is 4.98 Å². The first kappa shape index (κ1) is 16.3. The number of carboxylic acid groups (broad SMARTS) is 1. The number of aromatic nitrogens is 2. The monoisotopic (exact) mass is 321 g/mol. The molecule has 7 nitrogen and oxygen atoms in total. The average molecular weight is 321 g/mol. The molecule has 1 aromatic rings. The van der Waals surface area contributed by atoms with Gasteiger partial charge in [0.25, 0.3) is 5.56 Å². The minimum atomic E-state index is -4.49. The van der Waals surface area contributed by atoms with Crippen molar-refractivity contribution in [3.8, 4) is 0 Å².